The average molecular weight is 279 g/mol. The largest absolute Gasteiger partial charge is 0.497 e. The summed E-state index contributed by atoms with van der Waals surface area (Å²) in [6.45, 7) is 3.40. The molecule has 106 valence electrons. The van der Waals surface area contributed by atoms with Crippen molar-refractivity contribution in [3.63, 3.8) is 0 Å². The van der Waals surface area contributed by atoms with Crippen LogP contribution in [-0.2, 0) is 0 Å². The maximum atomic E-state index is 5.23. The van der Waals surface area contributed by atoms with Crippen molar-refractivity contribution in [1.82, 2.24) is 5.32 Å². The second-order valence-corrected chi connectivity index (χ2v) is 6.65. The first-order valence-electron chi connectivity index (χ1n) is 7.14. The predicted octanol–water partition coefficient (Wildman–Crippen LogP) is 3.88. The van der Waals surface area contributed by atoms with Crippen molar-refractivity contribution in [2.24, 2.45) is 5.92 Å². The number of benzene rings is 1. The van der Waals surface area contributed by atoms with E-state index in [1.807, 2.05) is 11.8 Å². The fourth-order valence-corrected chi connectivity index (χ4v) is 2.71. The van der Waals surface area contributed by atoms with Gasteiger partial charge in [-0.25, -0.2) is 0 Å². The molecule has 2 rings (SSSR count). The van der Waals surface area contributed by atoms with Crippen molar-refractivity contribution in [3.8, 4) is 5.75 Å². The van der Waals surface area contributed by atoms with E-state index in [1.54, 1.807) is 7.11 Å². The van der Waals surface area contributed by atoms with Gasteiger partial charge < -0.3 is 10.1 Å². The summed E-state index contributed by atoms with van der Waals surface area (Å²) in [7, 11) is 1.72. The van der Waals surface area contributed by atoms with E-state index in [4.69, 9.17) is 4.74 Å². The third-order valence-electron chi connectivity index (χ3n) is 3.89. The predicted molar refractivity (Wildman–Crippen MR) is 84.1 cm³/mol. The third kappa shape index (κ3) is 4.43. The maximum Gasteiger partial charge on any atom is 0.118 e. The zero-order valence-corrected chi connectivity index (χ0v) is 13.0. The van der Waals surface area contributed by atoms with E-state index in [1.165, 1.54) is 24.8 Å². The summed E-state index contributed by atoms with van der Waals surface area (Å²) in [6, 6.07) is 9.06. The van der Waals surface area contributed by atoms with Gasteiger partial charge in [0.25, 0.3) is 0 Å². The summed E-state index contributed by atoms with van der Waals surface area (Å²) in [4.78, 5) is 0. The van der Waals surface area contributed by atoms with E-state index >= 15 is 0 Å². The lowest BCUT2D eigenvalue weighted by molar-refractivity contribution is 0.413. The number of hydrogen-bond acceptors (Lipinski definition) is 3. The Bertz CT molecular complexity index is 375. The molecule has 0 amide bonds. The van der Waals surface area contributed by atoms with Crippen molar-refractivity contribution >= 4 is 11.8 Å². The SMILES string of the molecule is COc1ccc(C(NCCC(C)SC)C2CC2)cc1. The van der Waals surface area contributed by atoms with E-state index in [0.717, 1.165) is 23.5 Å². The van der Waals surface area contributed by atoms with Gasteiger partial charge in [0, 0.05) is 11.3 Å². The molecule has 2 nitrogen and oxygen atoms in total. The minimum Gasteiger partial charge on any atom is -0.497 e. The molecule has 0 spiro atoms. The number of hydrogen-bond donors (Lipinski definition) is 1. The standard InChI is InChI=1S/C16H25NOS/c1-12(19-3)10-11-17-16(13-4-5-13)14-6-8-15(18-2)9-7-14/h6-9,12-13,16-17H,4-5,10-11H2,1-3H3. The molecule has 1 aliphatic rings. The molecule has 3 heteroatoms. The van der Waals surface area contributed by atoms with Crippen LogP contribution in [0.2, 0.25) is 0 Å². The van der Waals surface area contributed by atoms with Gasteiger partial charge in [-0.05, 0) is 55.7 Å². The molecule has 1 aromatic carbocycles. The van der Waals surface area contributed by atoms with Crippen LogP contribution in [0.1, 0.15) is 37.8 Å². The van der Waals surface area contributed by atoms with Crippen molar-refractivity contribution < 1.29 is 4.74 Å². The molecule has 1 aromatic rings. The van der Waals surface area contributed by atoms with Crippen LogP contribution in [0.15, 0.2) is 24.3 Å². The van der Waals surface area contributed by atoms with Gasteiger partial charge in [0.05, 0.1) is 7.11 Å². The van der Waals surface area contributed by atoms with Crippen molar-refractivity contribution in [2.75, 3.05) is 19.9 Å². The van der Waals surface area contributed by atoms with Crippen LogP contribution in [0.5, 0.6) is 5.75 Å². The Balaban J connectivity index is 1.91. The van der Waals surface area contributed by atoms with Gasteiger partial charge in [-0.2, -0.15) is 11.8 Å². The Morgan fingerprint density at radius 3 is 2.53 bits per heavy atom. The van der Waals surface area contributed by atoms with Crippen LogP contribution in [-0.4, -0.2) is 25.2 Å². The zero-order valence-electron chi connectivity index (χ0n) is 12.2. The van der Waals surface area contributed by atoms with Crippen molar-refractivity contribution in [3.05, 3.63) is 29.8 Å². The number of nitrogens with one attached hydrogen (secondary N) is 1. The van der Waals surface area contributed by atoms with Gasteiger partial charge in [0.1, 0.15) is 5.75 Å². The molecule has 0 saturated heterocycles. The molecule has 1 saturated carbocycles. The van der Waals surface area contributed by atoms with Gasteiger partial charge in [0.15, 0.2) is 0 Å². The molecule has 2 atom stereocenters. The Morgan fingerprint density at radius 2 is 2.00 bits per heavy atom. The zero-order chi connectivity index (χ0) is 13.7. The Labute approximate surface area is 121 Å². The molecule has 19 heavy (non-hydrogen) atoms. The summed E-state index contributed by atoms with van der Waals surface area (Å²) < 4.78 is 5.23. The van der Waals surface area contributed by atoms with Crippen LogP contribution in [0.25, 0.3) is 0 Å². The first kappa shape index (κ1) is 14.7. The Kier molecular flexibility index (Phi) is 5.59. The van der Waals surface area contributed by atoms with E-state index in [-0.39, 0.29) is 0 Å². The van der Waals surface area contributed by atoms with Crippen molar-refractivity contribution in [2.45, 2.75) is 37.5 Å². The first-order valence-corrected chi connectivity index (χ1v) is 8.43. The van der Waals surface area contributed by atoms with E-state index < -0.39 is 0 Å². The van der Waals surface area contributed by atoms with Crippen LogP contribution in [0.4, 0.5) is 0 Å². The Morgan fingerprint density at radius 1 is 1.32 bits per heavy atom. The lowest BCUT2D eigenvalue weighted by Gasteiger charge is -2.20. The minimum atomic E-state index is 0.528. The van der Waals surface area contributed by atoms with E-state index in [2.05, 4.69) is 42.8 Å². The average Bonchev–Trinajstić information content (AvgIpc) is 3.28. The fraction of sp³-hybridized carbons (Fsp3) is 0.625. The second-order valence-electron chi connectivity index (χ2n) is 5.38. The number of ether oxygens (including phenoxy) is 1. The Hall–Kier alpha value is -0.670. The molecule has 0 aromatic heterocycles. The quantitative estimate of drug-likeness (QED) is 0.780. The molecule has 2 unspecified atom stereocenters. The summed E-state index contributed by atoms with van der Waals surface area (Å²) in [5, 5.41) is 4.49. The van der Waals surface area contributed by atoms with Gasteiger partial charge in [-0.15, -0.1) is 0 Å². The topological polar surface area (TPSA) is 21.3 Å². The highest BCUT2D eigenvalue weighted by atomic mass is 32.2. The summed E-state index contributed by atoms with van der Waals surface area (Å²) >= 11 is 1.94. The molecule has 1 aliphatic carbocycles. The molecular formula is C16H25NOS. The smallest absolute Gasteiger partial charge is 0.118 e. The molecule has 1 N–H and O–H groups in total. The molecule has 0 heterocycles. The summed E-state index contributed by atoms with van der Waals surface area (Å²) in [5.41, 5.74) is 1.40. The molecule has 0 radical (unpaired) electrons. The van der Waals surface area contributed by atoms with Crippen LogP contribution >= 0.6 is 11.8 Å². The highest BCUT2D eigenvalue weighted by Gasteiger charge is 2.31. The lowest BCUT2D eigenvalue weighted by Crippen LogP contribution is -2.25. The molecular weight excluding hydrogens is 254 g/mol. The summed E-state index contributed by atoms with van der Waals surface area (Å²) in [5.74, 6) is 1.77. The van der Waals surface area contributed by atoms with Crippen molar-refractivity contribution in [1.29, 1.82) is 0 Å². The second kappa shape index (κ2) is 7.20. The summed E-state index contributed by atoms with van der Waals surface area (Å²) in [6.07, 6.45) is 6.15. The third-order valence-corrected chi connectivity index (χ3v) is 4.93. The van der Waals surface area contributed by atoms with Crippen LogP contribution in [0, 0.1) is 5.92 Å². The first-order chi connectivity index (χ1) is 9.24. The van der Waals surface area contributed by atoms with Crippen LogP contribution < -0.4 is 10.1 Å². The highest BCUT2D eigenvalue weighted by Crippen LogP contribution is 2.41. The molecule has 0 bridgehead atoms. The van der Waals surface area contributed by atoms with Crippen LogP contribution in [0.3, 0.4) is 0 Å². The number of methoxy groups -OCH3 is 1. The monoisotopic (exact) mass is 279 g/mol. The molecule has 1 fully saturated rings. The van der Waals surface area contributed by atoms with E-state index in [9.17, 15) is 0 Å². The highest BCUT2D eigenvalue weighted by molar-refractivity contribution is 7.99. The number of thioether (sulfide) groups is 1. The minimum absolute atomic E-state index is 0.528. The van der Waals surface area contributed by atoms with Gasteiger partial charge in [-0.3, -0.25) is 0 Å². The van der Waals surface area contributed by atoms with E-state index in [0.29, 0.717) is 6.04 Å². The van der Waals surface area contributed by atoms with Gasteiger partial charge in [0.2, 0.25) is 0 Å². The van der Waals surface area contributed by atoms with Gasteiger partial charge >= 0.3 is 0 Å². The molecule has 0 aliphatic heterocycles. The fourth-order valence-electron chi connectivity index (χ4n) is 2.36. The number of rotatable bonds is 8. The van der Waals surface area contributed by atoms with Gasteiger partial charge in [-0.1, -0.05) is 19.1 Å². The normalized spacial score (nSPS) is 18.1. The maximum absolute atomic E-state index is 5.23. The lowest BCUT2D eigenvalue weighted by atomic mass is 10.0.